The average Bonchev–Trinajstić information content (AvgIpc) is 2.25. The van der Waals surface area contributed by atoms with Crippen LogP contribution in [0, 0.1) is 0 Å². The van der Waals surface area contributed by atoms with Gasteiger partial charge in [-0.2, -0.15) is 0 Å². The number of aromatic nitrogens is 1. The first-order valence-electron chi connectivity index (χ1n) is 4.66. The minimum atomic E-state index is -1.01. The lowest BCUT2D eigenvalue weighted by molar-refractivity contribution is 0.0690. The van der Waals surface area contributed by atoms with Crippen LogP contribution in [-0.4, -0.2) is 36.3 Å². The standard InChI is InChI=1S/C10H14N2O3/c1-15-6-2-5-11-8-3-4-9(10(13)14)12-7-8/h3-4,7,11H,2,5-6H2,1H3,(H,13,14). The van der Waals surface area contributed by atoms with Gasteiger partial charge in [-0.05, 0) is 18.6 Å². The molecule has 5 nitrogen and oxygen atoms in total. The maximum Gasteiger partial charge on any atom is 0.354 e. The highest BCUT2D eigenvalue weighted by atomic mass is 16.5. The number of nitrogens with zero attached hydrogens (tertiary/aromatic N) is 1. The topological polar surface area (TPSA) is 71.5 Å². The Bertz CT molecular complexity index is 311. The fourth-order valence-corrected chi connectivity index (χ4v) is 1.07. The maximum atomic E-state index is 10.5. The Kier molecular flexibility index (Phi) is 4.56. The van der Waals surface area contributed by atoms with Gasteiger partial charge >= 0.3 is 5.97 Å². The average molecular weight is 210 g/mol. The Labute approximate surface area is 88.1 Å². The fourth-order valence-electron chi connectivity index (χ4n) is 1.07. The number of carboxylic acids is 1. The van der Waals surface area contributed by atoms with E-state index in [4.69, 9.17) is 9.84 Å². The second-order valence-electron chi connectivity index (χ2n) is 3.01. The third kappa shape index (κ3) is 3.95. The summed E-state index contributed by atoms with van der Waals surface area (Å²) in [7, 11) is 1.66. The van der Waals surface area contributed by atoms with Crippen LogP contribution in [0.15, 0.2) is 18.3 Å². The van der Waals surface area contributed by atoms with Crippen LogP contribution in [0.25, 0.3) is 0 Å². The smallest absolute Gasteiger partial charge is 0.354 e. The van der Waals surface area contributed by atoms with Crippen molar-refractivity contribution < 1.29 is 14.6 Å². The number of rotatable bonds is 6. The largest absolute Gasteiger partial charge is 0.477 e. The molecule has 0 aliphatic carbocycles. The Morgan fingerprint density at radius 1 is 1.60 bits per heavy atom. The lowest BCUT2D eigenvalue weighted by Crippen LogP contribution is -2.06. The molecule has 0 saturated carbocycles. The number of ether oxygens (including phenoxy) is 1. The van der Waals surface area contributed by atoms with Crippen molar-refractivity contribution in [1.29, 1.82) is 0 Å². The van der Waals surface area contributed by atoms with Crippen molar-refractivity contribution in [2.75, 3.05) is 25.6 Å². The third-order valence-electron chi connectivity index (χ3n) is 1.84. The van der Waals surface area contributed by atoms with Crippen LogP contribution in [0.5, 0.6) is 0 Å². The van der Waals surface area contributed by atoms with Crippen molar-refractivity contribution in [3.63, 3.8) is 0 Å². The molecule has 15 heavy (non-hydrogen) atoms. The Hall–Kier alpha value is -1.62. The van der Waals surface area contributed by atoms with E-state index in [1.54, 1.807) is 13.2 Å². The minimum absolute atomic E-state index is 0.0532. The van der Waals surface area contributed by atoms with Gasteiger partial charge in [-0.15, -0.1) is 0 Å². The number of pyridine rings is 1. The van der Waals surface area contributed by atoms with Crippen LogP contribution in [0.4, 0.5) is 5.69 Å². The van der Waals surface area contributed by atoms with Gasteiger partial charge in [-0.3, -0.25) is 0 Å². The van der Waals surface area contributed by atoms with Gasteiger partial charge in [0.05, 0.1) is 11.9 Å². The third-order valence-corrected chi connectivity index (χ3v) is 1.84. The number of aromatic carboxylic acids is 1. The van der Waals surface area contributed by atoms with Crippen molar-refractivity contribution in [1.82, 2.24) is 4.98 Å². The van der Waals surface area contributed by atoms with Gasteiger partial charge < -0.3 is 15.2 Å². The maximum absolute atomic E-state index is 10.5. The van der Waals surface area contributed by atoms with E-state index in [9.17, 15) is 4.79 Å². The molecule has 0 aliphatic heterocycles. The van der Waals surface area contributed by atoms with Gasteiger partial charge in [0.2, 0.25) is 0 Å². The minimum Gasteiger partial charge on any atom is -0.477 e. The lowest BCUT2D eigenvalue weighted by Gasteiger charge is -2.05. The highest BCUT2D eigenvalue weighted by Crippen LogP contribution is 2.05. The molecule has 2 N–H and O–H groups in total. The van der Waals surface area contributed by atoms with E-state index in [0.717, 1.165) is 18.7 Å². The molecule has 0 radical (unpaired) electrons. The lowest BCUT2D eigenvalue weighted by atomic mass is 10.3. The van der Waals surface area contributed by atoms with Crippen LogP contribution < -0.4 is 5.32 Å². The summed E-state index contributed by atoms with van der Waals surface area (Å²) >= 11 is 0. The number of hydrogen-bond donors (Lipinski definition) is 2. The number of methoxy groups -OCH3 is 1. The number of carboxylic acid groups (broad SMARTS) is 1. The normalized spacial score (nSPS) is 9.93. The summed E-state index contributed by atoms with van der Waals surface area (Å²) in [5, 5.41) is 11.7. The zero-order chi connectivity index (χ0) is 11.1. The Morgan fingerprint density at radius 2 is 2.40 bits per heavy atom. The second kappa shape index (κ2) is 5.98. The monoisotopic (exact) mass is 210 g/mol. The van der Waals surface area contributed by atoms with E-state index in [2.05, 4.69) is 10.3 Å². The highest BCUT2D eigenvalue weighted by molar-refractivity contribution is 5.85. The second-order valence-corrected chi connectivity index (χ2v) is 3.01. The summed E-state index contributed by atoms with van der Waals surface area (Å²) < 4.78 is 4.90. The summed E-state index contributed by atoms with van der Waals surface area (Å²) in [6.07, 6.45) is 2.41. The zero-order valence-electron chi connectivity index (χ0n) is 8.56. The van der Waals surface area contributed by atoms with E-state index in [1.807, 2.05) is 0 Å². The predicted octanol–water partition coefficient (Wildman–Crippen LogP) is 1.23. The van der Waals surface area contributed by atoms with E-state index < -0.39 is 5.97 Å². The molecule has 0 fully saturated rings. The molecule has 0 spiro atoms. The molecule has 0 aliphatic rings. The summed E-state index contributed by atoms with van der Waals surface area (Å²) in [5.41, 5.74) is 0.869. The SMILES string of the molecule is COCCCNc1ccc(C(=O)O)nc1. The van der Waals surface area contributed by atoms with E-state index >= 15 is 0 Å². The van der Waals surface area contributed by atoms with Crippen molar-refractivity contribution in [3.05, 3.63) is 24.0 Å². The molecule has 1 aromatic heterocycles. The van der Waals surface area contributed by atoms with E-state index in [1.165, 1.54) is 12.3 Å². The molecule has 5 heteroatoms. The molecular formula is C10H14N2O3. The zero-order valence-corrected chi connectivity index (χ0v) is 8.56. The first-order valence-corrected chi connectivity index (χ1v) is 4.66. The molecule has 0 atom stereocenters. The van der Waals surface area contributed by atoms with Crippen LogP contribution in [0.3, 0.4) is 0 Å². The van der Waals surface area contributed by atoms with E-state index in [-0.39, 0.29) is 5.69 Å². The van der Waals surface area contributed by atoms with Gasteiger partial charge in [-0.1, -0.05) is 0 Å². The molecule has 1 rings (SSSR count). The van der Waals surface area contributed by atoms with E-state index in [0.29, 0.717) is 6.61 Å². The number of nitrogens with one attached hydrogen (secondary N) is 1. The number of hydrogen-bond acceptors (Lipinski definition) is 4. The first kappa shape index (κ1) is 11.5. The van der Waals surface area contributed by atoms with Gasteiger partial charge in [0.1, 0.15) is 5.69 Å². The van der Waals surface area contributed by atoms with Gasteiger partial charge in [0, 0.05) is 20.3 Å². The van der Waals surface area contributed by atoms with Crippen molar-refractivity contribution in [2.45, 2.75) is 6.42 Å². The predicted molar refractivity (Wildman–Crippen MR) is 56.2 cm³/mol. The number of carbonyl (C=O) groups is 1. The van der Waals surface area contributed by atoms with Crippen molar-refractivity contribution >= 4 is 11.7 Å². The summed E-state index contributed by atoms with van der Waals surface area (Å²) in [5.74, 6) is -1.01. The van der Waals surface area contributed by atoms with Crippen molar-refractivity contribution in [2.24, 2.45) is 0 Å². The molecule has 0 unspecified atom stereocenters. The number of anilines is 1. The van der Waals surface area contributed by atoms with Gasteiger partial charge in [0.25, 0.3) is 0 Å². The molecular weight excluding hydrogens is 196 g/mol. The molecule has 0 aromatic carbocycles. The van der Waals surface area contributed by atoms with Gasteiger partial charge in [0.15, 0.2) is 0 Å². The first-order chi connectivity index (χ1) is 7.24. The fraction of sp³-hybridized carbons (Fsp3) is 0.400. The van der Waals surface area contributed by atoms with Gasteiger partial charge in [-0.25, -0.2) is 9.78 Å². The molecule has 1 heterocycles. The Balaban J connectivity index is 2.39. The molecule has 82 valence electrons. The highest BCUT2D eigenvalue weighted by Gasteiger charge is 2.02. The summed E-state index contributed by atoms with van der Waals surface area (Å²) in [4.78, 5) is 14.3. The van der Waals surface area contributed by atoms with Crippen LogP contribution >= 0.6 is 0 Å². The molecule has 0 amide bonds. The Morgan fingerprint density at radius 3 is 2.93 bits per heavy atom. The molecule has 0 saturated heterocycles. The van der Waals surface area contributed by atoms with Crippen LogP contribution in [0.2, 0.25) is 0 Å². The van der Waals surface area contributed by atoms with Crippen molar-refractivity contribution in [3.8, 4) is 0 Å². The van der Waals surface area contributed by atoms with Crippen LogP contribution in [0.1, 0.15) is 16.9 Å². The quantitative estimate of drug-likeness (QED) is 0.691. The summed E-state index contributed by atoms with van der Waals surface area (Å²) in [6, 6.07) is 3.17. The molecule has 0 bridgehead atoms. The van der Waals surface area contributed by atoms with Crippen LogP contribution in [-0.2, 0) is 4.74 Å². The summed E-state index contributed by atoms with van der Waals surface area (Å²) in [6.45, 7) is 1.48. The molecule has 1 aromatic rings.